The molecule has 5 heteroatoms. The first-order valence-electron chi connectivity index (χ1n) is 5.66. The number of hydrogen-bond donors (Lipinski definition) is 1. The van der Waals surface area contributed by atoms with Gasteiger partial charge < -0.3 is 5.32 Å². The standard InChI is InChI=1S/C12H20BrN3O/c1-7-10(13)8(2)16(15-7)9(3)11(17)14-12(4,5)6/h9H,1-6H3,(H,14,17). The Morgan fingerprint density at radius 1 is 1.41 bits per heavy atom. The maximum atomic E-state index is 12.0. The molecule has 0 aliphatic heterocycles. The van der Waals surface area contributed by atoms with Crippen LogP contribution in [0.15, 0.2) is 4.47 Å². The topological polar surface area (TPSA) is 46.9 Å². The van der Waals surface area contributed by atoms with Gasteiger partial charge in [0.2, 0.25) is 5.91 Å². The minimum absolute atomic E-state index is 0.0180. The van der Waals surface area contributed by atoms with Crippen molar-refractivity contribution in [1.29, 1.82) is 0 Å². The van der Waals surface area contributed by atoms with E-state index in [1.54, 1.807) is 4.68 Å². The fourth-order valence-corrected chi connectivity index (χ4v) is 1.87. The van der Waals surface area contributed by atoms with E-state index >= 15 is 0 Å². The van der Waals surface area contributed by atoms with Crippen LogP contribution in [0.1, 0.15) is 45.1 Å². The molecule has 1 aromatic rings. The Morgan fingerprint density at radius 2 is 1.94 bits per heavy atom. The molecule has 1 amide bonds. The van der Waals surface area contributed by atoms with Gasteiger partial charge in [-0.2, -0.15) is 5.10 Å². The Kier molecular flexibility index (Phi) is 4.02. The second-order valence-electron chi connectivity index (χ2n) is 5.34. The van der Waals surface area contributed by atoms with Crippen molar-refractivity contribution in [3.05, 3.63) is 15.9 Å². The van der Waals surface area contributed by atoms with Gasteiger partial charge in [-0.1, -0.05) is 0 Å². The van der Waals surface area contributed by atoms with Crippen molar-refractivity contribution >= 4 is 21.8 Å². The third kappa shape index (κ3) is 3.31. The van der Waals surface area contributed by atoms with Gasteiger partial charge in [-0.3, -0.25) is 9.48 Å². The molecule has 1 atom stereocenters. The fourth-order valence-electron chi connectivity index (χ4n) is 1.61. The molecule has 0 fully saturated rings. The molecule has 4 nitrogen and oxygen atoms in total. The van der Waals surface area contributed by atoms with E-state index < -0.39 is 0 Å². The third-order valence-corrected chi connectivity index (χ3v) is 3.63. The zero-order chi connectivity index (χ0) is 13.4. The van der Waals surface area contributed by atoms with Crippen molar-refractivity contribution in [2.75, 3.05) is 0 Å². The van der Waals surface area contributed by atoms with E-state index in [0.717, 1.165) is 15.9 Å². The maximum absolute atomic E-state index is 12.0. The quantitative estimate of drug-likeness (QED) is 0.913. The lowest BCUT2D eigenvalue weighted by atomic mass is 10.1. The van der Waals surface area contributed by atoms with Crippen molar-refractivity contribution in [2.24, 2.45) is 0 Å². The molecule has 0 aromatic carbocycles. The molecule has 0 aliphatic carbocycles. The van der Waals surface area contributed by atoms with Gasteiger partial charge in [0.25, 0.3) is 0 Å². The minimum Gasteiger partial charge on any atom is -0.350 e. The van der Waals surface area contributed by atoms with Crippen molar-refractivity contribution in [3.63, 3.8) is 0 Å². The summed E-state index contributed by atoms with van der Waals surface area (Å²) in [5.74, 6) is -0.0180. The molecule has 0 radical (unpaired) electrons. The first-order chi connectivity index (χ1) is 7.63. The van der Waals surface area contributed by atoms with E-state index in [0.29, 0.717) is 0 Å². The predicted molar refractivity (Wildman–Crippen MR) is 72.0 cm³/mol. The summed E-state index contributed by atoms with van der Waals surface area (Å²) in [4.78, 5) is 12.0. The second kappa shape index (κ2) is 4.80. The number of carbonyl (C=O) groups excluding carboxylic acids is 1. The molecule has 1 aromatic heterocycles. The molecule has 96 valence electrons. The van der Waals surface area contributed by atoms with Crippen LogP contribution in [-0.2, 0) is 4.79 Å². The highest BCUT2D eigenvalue weighted by Crippen LogP contribution is 2.23. The summed E-state index contributed by atoms with van der Waals surface area (Å²) in [5, 5.41) is 7.33. The van der Waals surface area contributed by atoms with Crippen LogP contribution in [0.5, 0.6) is 0 Å². The van der Waals surface area contributed by atoms with E-state index in [1.807, 2.05) is 41.5 Å². The summed E-state index contributed by atoms with van der Waals surface area (Å²) in [6.07, 6.45) is 0. The summed E-state index contributed by atoms with van der Waals surface area (Å²) < 4.78 is 2.72. The Hall–Kier alpha value is -0.840. The highest BCUT2D eigenvalue weighted by molar-refractivity contribution is 9.10. The number of nitrogens with one attached hydrogen (secondary N) is 1. The Balaban J connectivity index is 2.93. The van der Waals surface area contributed by atoms with Crippen LogP contribution in [0, 0.1) is 13.8 Å². The zero-order valence-corrected chi connectivity index (χ0v) is 12.8. The lowest BCUT2D eigenvalue weighted by molar-refractivity contribution is -0.125. The van der Waals surface area contributed by atoms with Gasteiger partial charge in [0.05, 0.1) is 15.9 Å². The predicted octanol–water partition coefficient (Wildman–Crippen LogP) is 2.74. The molecule has 1 N–H and O–H groups in total. The normalized spacial score (nSPS) is 13.6. The Bertz CT molecular complexity index is 432. The van der Waals surface area contributed by atoms with Crippen LogP contribution in [-0.4, -0.2) is 21.2 Å². The first kappa shape index (κ1) is 14.2. The first-order valence-corrected chi connectivity index (χ1v) is 6.46. The number of amides is 1. The summed E-state index contributed by atoms with van der Waals surface area (Å²) in [5.41, 5.74) is 1.65. The second-order valence-corrected chi connectivity index (χ2v) is 6.14. The molecule has 1 heterocycles. The molecule has 0 saturated heterocycles. The van der Waals surface area contributed by atoms with Gasteiger partial charge in [-0.25, -0.2) is 0 Å². The van der Waals surface area contributed by atoms with E-state index in [2.05, 4.69) is 26.3 Å². The van der Waals surface area contributed by atoms with Crippen LogP contribution < -0.4 is 5.32 Å². The Morgan fingerprint density at radius 3 is 2.29 bits per heavy atom. The number of halogens is 1. The number of carbonyl (C=O) groups is 1. The van der Waals surface area contributed by atoms with Gasteiger partial charge >= 0.3 is 0 Å². The highest BCUT2D eigenvalue weighted by atomic mass is 79.9. The molecule has 0 saturated carbocycles. The molecular weight excluding hydrogens is 282 g/mol. The van der Waals surface area contributed by atoms with Crippen LogP contribution >= 0.6 is 15.9 Å². The minimum atomic E-state index is -0.306. The lowest BCUT2D eigenvalue weighted by Gasteiger charge is -2.23. The zero-order valence-electron chi connectivity index (χ0n) is 11.3. The molecule has 0 aliphatic rings. The highest BCUT2D eigenvalue weighted by Gasteiger charge is 2.23. The monoisotopic (exact) mass is 301 g/mol. The number of aromatic nitrogens is 2. The van der Waals surface area contributed by atoms with Crippen LogP contribution in [0.3, 0.4) is 0 Å². The largest absolute Gasteiger partial charge is 0.350 e. The van der Waals surface area contributed by atoms with Crippen LogP contribution in [0.2, 0.25) is 0 Å². The SMILES string of the molecule is Cc1nn(C(C)C(=O)NC(C)(C)C)c(C)c1Br. The van der Waals surface area contributed by atoms with Gasteiger partial charge in [-0.15, -0.1) is 0 Å². The van der Waals surface area contributed by atoms with Gasteiger partial charge in [-0.05, 0) is 57.5 Å². The summed E-state index contributed by atoms with van der Waals surface area (Å²) >= 11 is 3.46. The third-order valence-electron chi connectivity index (χ3n) is 2.48. The van der Waals surface area contributed by atoms with Crippen molar-refractivity contribution in [2.45, 2.75) is 53.1 Å². The molecular formula is C12H20BrN3O. The average molecular weight is 302 g/mol. The summed E-state index contributed by atoms with van der Waals surface area (Å²) in [6.45, 7) is 11.6. The lowest BCUT2D eigenvalue weighted by Crippen LogP contribution is -2.44. The molecule has 17 heavy (non-hydrogen) atoms. The smallest absolute Gasteiger partial charge is 0.244 e. The van der Waals surface area contributed by atoms with E-state index in [4.69, 9.17) is 0 Å². The van der Waals surface area contributed by atoms with Crippen LogP contribution in [0.25, 0.3) is 0 Å². The number of nitrogens with zero attached hydrogens (tertiary/aromatic N) is 2. The molecule has 1 unspecified atom stereocenters. The number of aryl methyl sites for hydroxylation is 1. The number of rotatable bonds is 2. The Labute approximate surface area is 111 Å². The maximum Gasteiger partial charge on any atom is 0.244 e. The number of hydrogen-bond acceptors (Lipinski definition) is 2. The fraction of sp³-hybridized carbons (Fsp3) is 0.667. The average Bonchev–Trinajstić information content (AvgIpc) is 2.42. The van der Waals surface area contributed by atoms with Crippen molar-refractivity contribution in [1.82, 2.24) is 15.1 Å². The van der Waals surface area contributed by atoms with Gasteiger partial charge in [0, 0.05) is 5.54 Å². The van der Waals surface area contributed by atoms with Crippen LogP contribution in [0.4, 0.5) is 0 Å². The van der Waals surface area contributed by atoms with Gasteiger partial charge in [0.15, 0.2) is 0 Å². The molecule has 1 rings (SSSR count). The van der Waals surface area contributed by atoms with E-state index in [1.165, 1.54) is 0 Å². The van der Waals surface area contributed by atoms with Crippen molar-refractivity contribution < 1.29 is 4.79 Å². The molecule has 0 spiro atoms. The van der Waals surface area contributed by atoms with E-state index in [-0.39, 0.29) is 17.5 Å². The summed E-state index contributed by atoms with van der Waals surface area (Å²) in [7, 11) is 0. The van der Waals surface area contributed by atoms with E-state index in [9.17, 15) is 4.79 Å². The van der Waals surface area contributed by atoms with Crippen molar-refractivity contribution in [3.8, 4) is 0 Å². The van der Waals surface area contributed by atoms with Gasteiger partial charge in [0.1, 0.15) is 6.04 Å². The molecule has 0 bridgehead atoms. The summed E-state index contributed by atoms with van der Waals surface area (Å²) in [6, 6.07) is -0.306.